The van der Waals surface area contributed by atoms with Gasteiger partial charge in [-0.1, -0.05) is 12.1 Å². The Morgan fingerprint density at radius 1 is 1.36 bits per heavy atom. The molecule has 118 valence electrons. The molecule has 1 aliphatic heterocycles. The normalized spacial score (nSPS) is 21.6. The Balaban J connectivity index is 1.64. The topological polar surface area (TPSA) is 58.6 Å². The first-order chi connectivity index (χ1) is 10.7. The highest BCUT2D eigenvalue weighted by Crippen LogP contribution is 2.32. The van der Waals surface area contributed by atoms with E-state index in [2.05, 4.69) is 5.32 Å². The second kappa shape index (κ2) is 6.38. The van der Waals surface area contributed by atoms with Crippen molar-refractivity contribution in [2.45, 2.75) is 38.6 Å². The fraction of sp³-hybridized carbons (Fsp3) is 0.529. The first-order valence-corrected chi connectivity index (χ1v) is 8.01. The third kappa shape index (κ3) is 2.93. The standard InChI is InChI=1S/C17H22N2O3/c1-2-22-15-9-4-3-8-14(15)18-17(21)12-10-16(20)19(11-12)13-6-5-7-13/h3-4,8-9,12-13H,2,5-7,10-11H2,1H3,(H,18,21). The Kier molecular flexibility index (Phi) is 4.32. The number of para-hydroxylation sites is 2. The molecular weight excluding hydrogens is 280 g/mol. The Hall–Kier alpha value is -2.04. The van der Waals surface area contributed by atoms with Crippen LogP contribution in [0.2, 0.25) is 0 Å². The van der Waals surface area contributed by atoms with Crippen LogP contribution in [0.4, 0.5) is 5.69 Å². The van der Waals surface area contributed by atoms with Gasteiger partial charge in [-0.15, -0.1) is 0 Å². The van der Waals surface area contributed by atoms with Crippen molar-refractivity contribution in [2.24, 2.45) is 5.92 Å². The number of amides is 2. The van der Waals surface area contributed by atoms with Crippen LogP contribution in [0, 0.1) is 5.92 Å². The SMILES string of the molecule is CCOc1ccccc1NC(=O)C1CC(=O)N(C2CCC2)C1. The van der Waals surface area contributed by atoms with Crippen molar-refractivity contribution in [1.82, 2.24) is 4.90 Å². The molecule has 2 amide bonds. The molecule has 5 heteroatoms. The fourth-order valence-electron chi connectivity index (χ4n) is 3.04. The van der Waals surface area contributed by atoms with Gasteiger partial charge in [-0.25, -0.2) is 0 Å². The Labute approximate surface area is 130 Å². The summed E-state index contributed by atoms with van der Waals surface area (Å²) in [6, 6.07) is 7.75. The van der Waals surface area contributed by atoms with Crippen molar-refractivity contribution >= 4 is 17.5 Å². The van der Waals surface area contributed by atoms with E-state index in [4.69, 9.17) is 4.74 Å². The summed E-state index contributed by atoms with van der Waals surface area (Å²) >= 11 is 0. The van der Waals surface area contributed by atoms with Crippen molar-refractivity contribution < 1.29 is 14.3 Å². The van der Waals surface area contributed by atoms with E-state index in [1.54, 1.807) is 0 Å². The Bertz CT molecular complexity index is 569. The maximum atomic E-state index is 12.4. The van der Waals surface area contributed by atoms with E-state index in [-0.39, 0.29) is 17.7 Å². The highest BCUT2D eigenvalue weighted by atomic mass is 16.5. The van der Waals surface area contributed by atoms with Crippen LogP contribution in [-0.4, -0.2) is 35.9 Å². The lowest BCUT2D eigenvalue weighted by Gasteiger charge is -2.34. The highest BCUT2D eigenvalue weighted by molar-refractivity contribution is 5.98. The third-order valence-electron chi connectivity index (χ3n) is 4.49. The van der Waals surface area contributed by atoms with Crippen LogP contribution in [0.5, 0.6) is 5.75 Å². The molecule has 2 aliphatic rings. The van der Waals surface area contributed by atoms with E-state index in [0.717, 1.165) is 12.8 Å². The fourth-order valence-corrected chi connectivity index (χ4v) is 3.04. The molecule has 1 saturated heterocycles. The lowest BCUT2D eigenvalue weighted by Crippen LogP contribution is -2.41. The van der Waals surface area contributed by atoms with Crippen molar-refractivity contribution in [2.75, 3.05) is 18.5 Å². The summed E-state index contributed by atoms with van der Waals surface area (Å²) in [6.07, 6.45) is 3.66. The molecule has 5 nitrogen and oxygen atoms in total. The summed E-state index contributed by atoms with van der Waals surface area (Å²) in [5.41, 5.74) is 0.670. The minimum Gasteiger partial charge on any atom is -0.492 e. The van der Waals surface area contributed by atoms with Crippen LogP contribution in [-0.2, 0) is 9.59 Å². The molecule has 1 unspecified atom stereocenters. The summed E-state index contributed by atoms with van der Waals surface area (Å²) in [6.45, 7) is 3.00. The highest BCUT2D eigenvalue weighted by Gasteiger charge is 2.39. The van der Waals surface area contributed by atoms with E-state index in [1.807, 2.05) is 36.1 Å². The molecule has 1 saturated carbocycles. The molecule has 1 aliphatic carbocycles. The summed E-state index contributed by atoms with van der Waals surface area (Å²) in [4.78, 5) is 26.4. The summed E-state index contributed by atoms with van der Waals surface area (Å²) in [7, 11) is 0. The molecule has 1 aromatic rings. The van der Waals surface area contributed by atoms with Gasteiger partial charge in [0.1, 0.15) is 5.75 Å². The molecule has 1 atom stereocenters. The monoisotopic (exact) mass is 302 g/mol. The van der Waals surface area contributed by atoms with Gasteiger partial charge in [0.2, 0.25) is 11.8 Å². The van der Waals surface area contributed by atoms with Gasteiger partial charge in [-0.3, -0.25) is 9.59 Å². The zero-order valence-electron chi connectivity index (χ0n) is 12.9. The lowest BCUT2D eigenvalue weighted by atomic mass is 9.92. The lowest BCUT2D eigenvalue weighted by molar-refractivity contribution is -0.131. The molecule has 2 fully saturated rings. The molecule has 0 aromatic heterocycles. The van der Waals surface area contributed by atoms with E-state index in [9.17, 15) is 9.59 Å². The predicted molar refractivity (Wildman–Crippen MR) is 83.7 cm³/mol. The van der Waals surface area contributed by atoms with Gasteiger partial charge in [0.25, 0.3) is 0 Å². The second-order valence-corrected chi connectivity index (χ2v) is 5.95. The van der Waals surface area contributed by atoms with E-state index >= 15 is 0 Å². The number of ether oxygens (including phenoxy) is 1. The average molecular weight is 302 g/mol. The summed E-state index contributed by atoms with van der Waals surface area (Å²) < 4.78 is 5.52. The number of hydrogen-bond donors (Lipinski definition) is 1. The van der Waals surface area contributed by atoms with Gasteiger partial charge in [-0.05, 0) is 38.3 Å². The molecule has 0 radical (unpaired) electrons. The van der Waals surface area contributed by atoms with Gasteiger partial charge in [0.05, 0.1) is 18.2 Å². The van der Waals surface area contributed by atoms with Gasteiger partial charge in [0, 0.05) is 19.0 Å². The zero-order valence-corrected chi connectivity index (χ0v) is 12.9. The first-order valence-electron chi connectivity index (χ1n) is 8.01. The number of carbonyl (C=O) groups is 2. The minimum atomic E-state index is -0.261. The smallest absolute Gasteiger partial charge is 0.229 e. The average Bonchev–Trinajstić information content (AvgIpc) is 2.82. The zero-order chi connectivity index (χ0) is 15.5. The van der Waals surface area contributed by atoms with Gasteiger partial charge < -0.3 is 15.0 Å². The Morgan fingerprint density at radius 2 is 2.14 bits per heavy atom. The van der Waals surface area contributed by atoms with Crippen molar-refractivity contribution in [3.8, 4) is 5.75 Å². The molecule has 1 N–H and O–H groups in total. The maximum absolute atomic E-state index is 12.4. The first kappa shape index (κ1) is 14.9. The van der Waals surface area contributed by atoms with Gasteiger partial charge in [-0.2, -0.15) is 0 Å². The van der Waals surface area contributed by atoms with Crippen LogP contribution in [0.3, 0.4) is 0 Å². The van der Waals surface area contributed by atoms with Crippen LogP contribution in [0.1, 0.15) is 32.6 Å². The minimum absolute atomic E-state index is 0.0951. The summed E-state index contributed by atoms with van der Waals surface area (Å²) in [5, 5.41) is 2.91. The van der Waals surface area contributed by atoms with Crippen LogP contribution in [0.15, 0.2) is 24.3 Å². The van der Waals surface area contributed by atoms with Crippen LogP contribution >= 0.6 is 0 Å². The number of rotatable bonds is 5. The van der Waals surface area contributed by atoms with Crippen LogP contribution in [0.25, 0.3) is 0 Å². The number of nitrogens with zero attached hydrogens (tertiary/aromatic N) is 1. The van der Waals surface area contributed by atoms with Gasteiger partial charge in [0.15, 0.2) is 0 Å². The van der Waals surface area contributed by atoms with Gasteiger partial charge >= 0.3 is 0 Å². The number of nitrogens with one attached hydrogen (secondary N) is 1. The molecule has 1 heterocycles. The van der Waals surface area contributed by atoms with E-state index in [0.29, 0.717) is 37.1 Å². The van der Waals surface area contributed by atoms with Crippen molar-refractivity contribution in [3.05, 3.63) is 24.3 Å². The largest absolute Gasteiger partial charge is 0.492 e. The number of carbonyl (C=O) groups excluding carboxylic acids is 2. The molecule has 0 bridgehead atoms. The number of likely N-dealkylation sites (tertiary alicyclic amines) is 1. The second-order valence-electron chi connectivity index (χ2n) is 5.95. The number of benzene rings is 1. The molecule has 0 spiro atoms. The Morgan fingerprint density at radius 3 is 2.82 bits per heavy atom. The van der Waals surface area contributed by atoms with Crippen molar-refractivity contribution in [1.29, 1.82) is 0 Å². The predicted octanol–water partition coefficient (Wildman–Crippen LogP) is 2.42. The molecule has 1 aromatic carbocycles. The third-order valence-corrected chi connectivity index (χ3v) is 4.49. The maximum Gasteiger partial charge on any atom is 0.229 e. The molecule has 22 heavy (non-hydrogen) atoms. The number of hydrogen-bond acceptors (Lipinski definition) is 3. The summed E-state index contributed by atoms with van der Waals surface area (Å²) in [5.74, 6) is 0.423. The van der Waals surface area contributed by atoms with Crippen molar-refractivity contribution in [3.63, 3.8) is 0 Å². The quantitative estimate of drug-likeness (QED) is 0.908. The van der Waals surface area contributed by atoms with E-state index < -0.39 is 0 Å². The van der Waals surface area contributed by atoms with Crippen LogP contribution < -0.4 is 10.1 Å². The molecule has 3 rings (SSSR count). The van der Waals surface area contributed by atoms with E-state index in [1.165, 1.54) is 6.42 Å². The molecular formula is C17H22N2O3. The number of anilines is 1.